The number of rotatable bonds is 7. The number of nitrogens with zero attached hydrogens (tertiary/aromatic N) is 4. The summed E-state index contributed by atoms with van der Waals surface area (Å²) in [6.07, 6.45) is 4.82. The number of ether oxygens (including phenoxy) is 2. The summed E-state index contributed by atoms with van der Waals surface area (Å²) in [6.45, 7) is 2.18. The van der Waals surface area contributed by atoms with Crippen LogP contribution in [0.25, 0.3) is 11.0 Å². The van der Waals surface area contributed by atoms with Gasteiger partial charge >= 0.3 is 0 Å². The number of nitrogens with one attached hydrogen (secondary N) is 1. The zero-order valence-electron chi connectivity index (χ0n) is 16.3. The van der Waals surface area contributed by atoms with Crippen LogP contribution in [0, 0.1) is 5.95 Å². The Kier molecular flexibility index (Phi) is 5.34. The molecule has 4 rings (SSSR count). The van der Waals surface area contributed by atoms with Crippen LogP contribution in [0.5, 0.6) is 11.8 Å². The van der Waals surface area contributed by atoms with Crippen LogP contribution in [0.15, 0.2) is 43.0 Å². The van der Waals surface area contributed by atoms with E-state index in [1.165, 1.54) is 25.7 Å². The number of carbonyl (C=O) groups is 1. The van der Waals surface area contributed by atoms with E-state index in [2.05, 4.69) is 24.9 Å². The summed E-state index contributed by atoms with van der Waals surface area (Å²) in [4.78, 5) is 32.2. The summed E-state index contributed by atoms with van der Waals surface area (Å²) in [5, 5.41) is 0.414. The number of halogens is 1. The first-order valence-electron chi connectivity index (χ1n) is 9.24. The van der Waals surface area contributed by atoms with Crippen LogP contribution in [0.4, 0.5) is 4.39 Å². The number of aromatic nitrogens is 5. The molecule has 4 heterocycles. The van der Waals surface area contributed by atoms with Crippen molar-refractivity contribution in [1.29, 1.82) is 0 Å². The molecule has 0 fully saturated rings. The predicted molar refractivity (Wildman–Crippen MR) is 106 cm³/mol. The summed E-state index contributed by atoms with van der Waals surface area (Å²) in [6, 6.07) is 6.60. The Morgan fingerprint density at radius 1 is 1.13 bits per heavy atom. The lowest BCUT2D eigenvalue weighted by Gasteiger charge is -2.07. The van der Waals surface area contributed by atoms with Gasteiger partial charge in [0.05, 0.1) is 30.2 Å². The van der Waals surface area contributed by atoms with Gasteiger partial charge in [0.25, 0.3) is 0 Å². The van der Waals surface area contributed by atoms with Crippen molar-refractivity contribution in [3.63, 3.8) is 0 Å². The molecule has 0 aromatic carbocycles. The Bertz CT molecular complexity index is 1210. The van der Waals surface area contributed by atoms with Gasteiger partial charge in [-0.05, 0) is 24.6 Å². The van der Waals surface area contributed by atoms with E-state index >= 15 is 0 Å². The van der Waals surface area contributed by atoms with Crippen molar-refractivity contribution in [2.45, 2.75) is 13.3 Å². The van der Waals surface area contributed by atoms with Crippen molar-refractivity contribution >= 4 is 16.8 Å². The number of methoxy groups -OCH3 is 1. The van der Waals surface area contributed by atoms with Crippen LogP contribution in [0.3, 0.4) is 0 Å². The summed E-state index contributed by atoms with van der Waals surface area (Å²) in [5.74, 6) is -0.611. The van der Waals surface area contributed by atoms with E-state index in [4.69, 9.17) is 9.47 Å². The number of carbonyl (C=O) groups excluding carboxylic acids is 1. The molecule has 0 unspecified atom stereocenters. The second-order valence-corrected chi connectivity index (χ2v) is 6.39. The van der Waals surface area contributed by atoms with Gasteiger partial charge in [0.2, 0.25) is 17.7 Å². The molecule has 0 spiro atoms. The maximum Gasteiger partial charge on any atom is 0.226 e. The maximum absolute atomic E-state index is 14.7. The monoisotopic (exact) mass is 407 g/mol. The Morgan fingerprint density at radius 2 is 2.00 bits per heavy atom. The first-order chi connectivity index (χ1) is 14.6. The average molecular weight is 407 g/mol. The van der Waals surface area contributed by atoms with Crippen LogP contribution >= 0.6 is 0 Å². The van der Waals surface area contributed by atoms with E-state index < -0.39 is 11.7 Å². The first kappa shape index (κ1) is 19.4. The summed E-state index contributed by atoms with van der Waals surface area (Å²) >= 11 is 0. The molecule has 0 saturated heterocycles. The molecule has 30 heavy (non-hydrogen) atoms. The van der Waals surface area contributed by atoms with E-state index in [-0.39, 0.29) is 17.0 Å². The largest absolute Gasteiger partial charge is 0.481 e. The molecule has 1 N–H and O–H groups in total. The van der Waals surface area contributed by atoms with Gasteiger partial charge in [0.1, 0.15) is 12.0 Å². The zero-order chi connectivity index (χ0) is 21.1. The number of aromatic amines is 1. The Balaban J connectivity index is 1.63. The van der Waals surface area contributed by atoms with Gasteiger partial charge in [0, 0.05) is 30.6 Å². The standard InChI is InChI=1S/C21H18FN5O3/c1-3-30-21-17-15(10-24-20(17)25-11-26-21)18(28)14-6-5-13(27-19(14)22)8-12-4-7-16(29-2)23-9-12/h4-7,9-11H,3,8H2,1-2H3,(H,24,25,26). The SMILES string of the molecule is CCOc1ncnc2[nH]cc(C(=O)c3ccc(Cc4ccc(OC)nc4)nc3F)c12. The number of ketones is 1. The van der Waals surface area contributed by atoms with Crippen molar-refractivity contribution in [3.05, 3.63) is 71.3 Å². The third kappa shape index (κ3) is 3.69. The highest BCUT2D eigenvalue weighted by Gasteiger charge is 2.22. The molecule has 4 aromatic heterocycles. The minimum Gasteiger partial charge on any atom is -0.481 e. The van der Waals surface area contributed by atoms with Gasteiger partial charge in [0.15, 0.2) is 5.78 Å². The molecule has 4 aromatic rings. The van der Waals surface area contributed by atoms with Crippen LogP contribution in [0.2, 0.25) is 0 Å². The second-order valence-electron chi connectivity index (χ2n) is 6.39. The molecule has 0 atom stereocenters. The molecule has 9 heteroatoms. The van der Waals surface area contributed by atoms with E-state index in [0.717, 1.165) is 5.56 Å². The van der Waals surface area contributed by atoms with Crippen LogP contribution in [-0.2, 0) is 6.42 Å². The predicted octanol–water partition coefficient (Wildman–Crippen LogP) is 3.12. The third-order valence-corrected chi connectivity index (χ3v) is 4.50. The van der Waals surface area contributed by atoms with Crippen LogP contribution in [-0.4, -0.2) is 44.4 Å². The van der Waals surface area contributed by atoms with Crippen molar-refractivity contribution in [1.82, 2.24) is 24.9 Å². The fourth-order valence-corrected chi connectivity index (χ4v) is 3.09. The fraction of sp³-hybridized carbons (Fsp3) is 0.190. The first-order valence-corrected chi connectivity index (χ1v) is 9.24. The molecule has 0 aliphatic rings. The molecule has 0 amide bonds. The average Bonchev–Trinajstić information content (AvgIpc) is 3.19. The van der Waals surface area contributed by atoms with Crippen molar-refractivity contribution in [2.75, 3.05) is 13.7 Å². The maximum atomic E-state index is 14.7. The normalized spacial score (nSPS) is 10.9. The number of fused-ring (bicyclic) bond motifs is 1. The Hall–Kier alpha value is -3.88. The van der Waals surface area contributed by atoms with E-state index in [1.807, 2.05) is 13.0 Å². The van der Waals surface area contributed by atoms with Crippen molar-refractivity contribution in [3.8, 4) is 11.8 Å². The van der Waals surface area contributed by atoms with Gasteiger partial charge in [-0.2, -0.15) is 4.39 Å². The highest BCUT2D eigenvalue weighted by atomic mass is 19.1. The molecule has 0 bridgehead atoms. The van der Waals surface area contributed by atoms with E-state index in [9.17, 15) is 9.18 Å². The van der Waals surface area contributed by atoms with Gasteiger partial charge in [-0.3, -0.25) is 4.79 Å². The summed E-state index contributed by atoms with van der Waals surface area (Å²) < 4.78 is 25.2. The van der Waals surface area contributed by atoms with E-state index in [1.54, 1.807) is 18.3 Å². The number of H-pyrrole nitrogens is 1. The van der Waals surface area contributed by atoms with E-state index in [0.29, 0.717) is 35.6 Å². The highest BCUT2D eigenvalue weighted by Crippen LogP contribution is 2.27. The quantitative estimate of drug-likeness (QED) is 0.371. The number of hydrogen-bond acceptors (Lipinski definition) is 7. The van der Waals surface area contributed by atoms with Crippen molar-refractivity contribution < 1.29 is 18.7 Å². The number of hydrogen-bond donors (Lipinski definition) is 1. The van der Waals surface area contributed by atoms with Crippen LogP contribution in [0.1, 0.15) is 34.1 Å². The Labute approximate surface area is 171 Å². The summed E-state index contributed by atoms with van der Waals surface area (Å²) in [5.41, 5.74) is 1.85. The molecular formula is C21H18FN5O3. The van der Waals surface area contributed by atoms with Gasteiger partial charge < -0.3 is 14.5 Å². The van der Waals surface area contributed by atoms with Gasteiger partial charge in [-0.1, -0.05) is 6.07 Å². The van der Waals surface area contributed by atoms with Gasteiger partial charge in [-0.25, -0.2) is 19.9 Å². The molecule has 0 aliphatic carbocycles. The summed E-state index contributed by atoms with van der Waals surface area (Å²) in [7, 11) is 1.53. The molecule has 0 radical (unpaired) electrons. The van der Waals surface area contributed by atoms with Gasteiger partial charge in [-0.15, -0.1) is 0 Å². The lowest BCUT2D eigenvalue weighted by Crippen LogP contribution is -2.08. The smallest absolute Gasteiger partial charge is 0.226 e. The molecule has 0 saturated carbocycles. The van der Waals surface area contributed by atoms with Crippen molar-refractivity contribution in [2.24, 2.45) is 0 Å². The molecule has 152 valence electrons. The topological polar surface area (TPSA) is 103 Å². The fourth-order valence-electron chi connectivity index (χ4n) is 3.09. The Morgan fingerprint density at radius 3 is 2.70 bits per heavy atom. The molecular weight excluding hydrogens is 389 g/mol. The second kappa shape index (κ2) is 8.24. The van der Waals surface area contributed by atoms with Crippen LogP contribution < -0.4 is 9.47 Å². The highest BCUT2D eigenvalue weighted by molar-refractivity contribution is 6.16. The minimum atomic E-state index is -0.844. The third-order valence-electron chi connectivity index (χ3n) is 4.50. The zero-order valence-corrected chi connectivity index (χ0v) is 16.3. The molecule has 0 aliphatic heterocycles. The lowest BCUT2D eigenvalue weighted by atomic mass is 10.0. The lowest BCUT2D eigenvalue weighted by molar-refractivity contribution is 0.103. The minimum absolute atomic E-state index is 0.140. The number of pyridine rings is 2. The molecule has 8 nitrogen and oxygen atoms in total.